The van der Waals surface area contributed by atoms with E-state index >= 15 is 0 Å². The van der Waals surface area contributed by atoms with Crippen molar-refractivity contribution in [2.75, 3.05) is 0 Å². The number of nitrogens with one attached hydrogen (secondary N) is 2. The Bertz CT molecular complexity index is 1150. The van der Waals surface area contributed by atoms with Crippen molar-refractivity contribution >= 4 is 39.0 Å². The van der Waals surface area contributed by atoms with E-state index in [4.69, 9.17) is 13.7 Å². The molecule has 0 bridgehead atoms. The molecule has 2 aromatic heterocycles. The van der Waals surface area contributed by atoms with E-state index in [2.05, 4.69) is 41.7 Å². The van der Waals surface area contributed by atoms with Gasteiger partial charge in [0.2, 0.25) is 17.1 Å². The van der Waals surface area contributed by atoms with Crippen LogP contribution in [0.5, 0.6) is 0 Å². The van der Waals surface area contributed by atoms with E-state index in [1.807, 2.05) is 0 Å². The molecule has 1 unspecified atom stereocenters. The first-order valence-electron chi connectivity index (χ1n) is 9.08. The fourth-order valence-electron chi connectivity index (χ4n) is 3.26. The first kappa shape index (κ1) is 22.3. The number of hydrogen-bond donors (Lipinski definition) is 3. The van der Waals surface area contributed by atoms with Crippen molar-refractivity contribution in [3.05, 3.63) is 39.0 Å². The molecular weight excluding hydrogens is 519 g/mol. The minimum Gasteiger partial charge on any atom is -0.295 e. The van der Waals surface area contributed by atoms with Crippen LogP contribution in [0.15, 0.2) is 41.6 Å². The highest BCUT2D eigenvalue weighted by atomic mass is 79.9. The van der Waals surface area contributed by atoms with Crippen molar-refractivity contribution in [1.29, 1.82) is 0 Å². The number of hydrazine groups is 1. The van der Waals surface area contributed by atoms with Crippen LogP contribution in [0.1, 0.15) is 25.7 Å². The third-order valence-electron chi connectivity index (χ3n) is 4.74. The highest BCUT2D eigenvalue weighted by Gasteiger charge is 2.28. The summed E-state index contributed by atoms with van der Waals surface area (Å²) < 4.78 is 44.2. The molecule has 0 saturated heterocycles. The summed E-state index contributed by atoms with van der Waals surface area (Å²) in [6.45, 7) is 0. The number of nitrogens with zero attached hydrogens (tertiary/aromatic N) is 4. The largest absolute Gasteiger partial charge is 0.446 e. The summed E-state index contributed by atoms with van der Waals surface area (Å²) in [4.78, 5) is 14.6. The zero-order valence-electron chi connectivity index (χ0n) is 15.7. The maximum absolute atomic E-state index is 13.6. The summed E-state index contributed by atoms with van der Waals surface area (Å²) in [5, 5.41) is 12.3. The molecule has 1 aliphatic carbocycles. The summed E-state index contributed by atoms with van der Waals surface area (Å²) in [5.74, 6) is -1.13. The molecule has 166 valence electrons. The first-order valence-corrected chi connectivity index (χ1v) is 11.9. The van der Waals surface area contributed by atoms with Crippen LogP contribution in [0, 0.1) is 5.82 Å². The van der Waals surface area contributed by atoms with Gasteiger partial charge in [-0.15, -0.1) is 0 Å². The van der Waals surface area contributed by atoms with Crippen LogP contribution in [0.2, 0.25) is 0 Å². The van der Waals surface area contributed by atoms with E-state index in [0.717, 1.165) is 30.3 Å². The van der Waals surface area contributed by atoms with Gasteiger partial charge in [-0.25, -0.2) is 28.0 Å². The predicted octanol–water partition coefficient (Wildman–Crippen LogP) is 2.41. The predicted molar refractivity (Wildman–Crippen MR) is 112 cm³/mol. The van der Waals surface area contributed by atoms with Gasteiger partial charge in [0, 0.05) is 11.3 Å². The van der Waals surface area contributed by atoms with Gasteiger partial charge in [-0.2, -0.15) is 4.83 Å². The van der Waals surface area contributed by atoms with Gasteiger partial charge in [0.1, 0.15) is 5.82 Å². The van der Waals surface area contributed by atoms with Gasteiger partial charge in [0.15, 0.2) is 10.7 Å². The summed E-state index contributed by atoms with van der Waals surface area (Å²) in [6.07, 6.45) is 3.23. The molecule has 3 N–H and O–H groups in total. The molecule has 0 aliphatic heterocycles. The van der Waals surface area contributed by atoms with E-state index < -0.39 is 22.8 Å². The van der Waals surface area contributed by atoms with Crippen molar-refractivity contribution in [2.45, 2.75) is 42.0 Å². The number of rotatable bonds is 7. The molecule has 0 spiro atoms. The average molecular weight is 535 g/mol. The normalized spacial score (nSPS) is 20.1. The van der Waals surface area contributed by atoms with Crippen molar-refractivity contribution in [1.82, 2.24) is 30.3 Å². The topological polar surface area (TPSA) is 148 Å². The van der Waals surface area contributed by atoms with Crippen molar-refractivity contribution in [2.24, 2.45) is 0 Å². The van der Waals surface area contributed by atoms with Gasteiger partial charge >= 0.3 is 5.76 Å². The van der Waals surface area contributed by atoms with Gasteiger partial charge in [0.25, 0.3) is 0 Å². The van der Waals surface area contributed by atoms with Crippen LogP contribution in [-0.2, 0) is 11.3 Å². The SMILES string of the molecule is O=c1onc(-c2nonc2SC2CCC(NNS(=O)O)CC2)n1-c1ccc(F)c(Br)c1. The Morgan fingerprint density at radius 2 is 2.03 bits per heavy atom. The van der Waals surface area contributed by atoms with Gasteiger partial charge in [-0.05, 0) is 70.1 Å². The van der Waals surface area contributed by atoms with Gasteiger partial charge in [-0.1, -0.05) is 16.9 Å². The lowest BCUT2D eigenvalue weighted by Gasteiger charge is -2.27. The highest BCUT2D eigenvalue weighted by Crippen LogP contribution is 2.37. The van der Waals surface area contributed by atoms with E-state index in [1.54, 1.807) is 0 Å². The molecule has 0 radical (unpaired) electrons. The Kier molecular flexibility index (Phi) is 6.98. The monoisotopic (exact) mass is 534 g/mol. The fraction of sp³-hybridized carbons (Fsp3) is 0.375. The Balaban J connectivity index is 1.52. The second kappa shape index (κ2) is 9.70. The van der Waals surface area contributed by atoms with Crippen LogP contribution in [0.3, 0.4) is 0 Å². The fourth-order valence-corrected chi connectivity index (χ4v) is 5.04. The highest BCUT2D eigenvalue weighted by molar-refractivity contribution is 9.10. The minimum absolute atomic E-state index is 0.0838. The van der Waals surface area contributed by atoms with Crippen LogP contribution < -0.4 is 16.0 Å². The molecule has 11 nitrogen and oxygen atoms in total. The number of thioether (sulfide) groups is 1. The molecule has 1 saturated carbocycles. The average Bonchev–Trinajstić information content (AvgIpc) is 3.35. The Morgan fingerprint density at radius 3 is 2.74 bits per heavy atom. The molecule has 31 heavy (non-hydrogen) atoms. The molecule has 2 heterocycles. The summed E-state index contributed by atoms with van der Waals surface area (Å²) in [5.41, 5.74) is 3.41. The summed E-state index contributed by atoms with van der Waals surface area (Å²) in [7, 11) is 0. The zero-order chi connectivity index (χ0) is 22.0. The molecule has 4 rings (SSSR count). The number of hydrogen-bond acceptors (Lipinski definition) is 9. The molecule has 1 aliphatic rings. The number of halogens is 2. The van der Waals surface area contributed by atoms with Gasteiger partial charge in [-0.3, -0.25) is 9.08 Å². The third-order valence-corrected chi connectivity index (χ3v) is 6.94. The molecular formula is C16H16BrFN6O5S2. The van der Waals surface area contributed by atoms with Crippen molar-refractivity contribution in [3.63, 3.8) is 0 Å². The zero-order valence-corrected chi connectivity index (χ0v) is 18.9. The standard InChI is InChI=1S/C16H16BrFN6O5S2/c17-11-7-9(3-6-12(11)18)24-14(21-28-16(24)25)13-15(22-29-20-13)30-10-4-1-8(2-5-10)19-23-31(26)27/h3,6-8,10,19,23H,1-2,4-5H2,(H,26,27). The van der Waals surface area contributed by atoms with E-state index in [0.29, 0.717) is 10.7 Å². The lowest BCUT2D eigenvalue weighted by molar-refractivity contribution is 0.299. The van der Waals surface area contributed by atoms with E-state index in [1.165, 1.54) is 30.0 Å². The Hall–Kier alpha value is -1.91. The number of benzene rings is 1. The molecule has 1 aromatic carbocycles. The minimum atomic E-state index is -2.11. The quantitative estimate of drug-likeness (QED) is 0.304. The first-order chi connectivity index (χ1) is 14.9. The van der Waals surface area contributed by atoms with Crippen molar-refractivity contribution in [3.8, 4) is 17.2 Å². The Labute approximate surface area is 189 Å². The smallest absolute Gasteiger partial charge is 0.295 e. The molecule has 0 amide bonds. The maximum Gasteiger partial charge on any atom is 0.446 e. The summed E-state index contributed by atoms with van der Waals surface area (Å²) in [6, 6.07) is 4.15. The molecule has 1 fully saturated rings. The molecule has 3 aromatic rings. The van der Waals surface area contributed by atoms with E-state index in [-0.39, 0.29) is 27.3 Å². The van der Waals surface area contributed by atoms with Crippen LogP contribution in [0.4, 0.5) is 4.39 Å². The Morgan fingerprint density at radius 1 is 1.26 bits per heavy atom. The third kappa shape index (κ3) is 5.12. The van der Waals surface area contributed by atoms with Crippen molar-refractivity contribution < 1.29 is 22.3 Å². The van der Waals surface area contributed by atoms with Gasteiger partial charge < -0.3 is 0 Å². The van der Waals surface area contributed by atoms with Crippen LogP contribution in [0.25, 0.3) is 17.2 Å². The molecule has 1 atom stereocenters. The second-order valence-electron chi connectivity index (χ2n) is 6.71. The number of aromatic nitrogens is 4. The maximum atomic E-state index is 13.6. The molecule has 15 heteroatoms. The second-order valence-corrected chi connectivity index (χ2v) is 9.56. The van der Waals surface area contributed by atoms with Crippen LogP contribution in [-0.4, -0.2) is 40.1 Å². The van der Waals surface area contributed by atoms with Gasteiger partial charge in [0.05, 0.1) is 10.2 Å². The van der Waals surface area contributed by atoms with Crippen LogP contribution >= 0.6 is 27.7 Å². The van der Waals surface area contributed by atoms with E-state index in [9.17, 15) is 13.4 Å². The summed E-state index contributed by atoms with van der Waals surface area (Å²) >= 11 is 2.44. The lowest BCUT2D eigenvalue weighted by atomic mass is 9.96. The lowest BCUT2D eigenvalue weighted by Crippen LogP contribution is -2.43.